The number of halogens is 2. The second-order valence-corrected chi connectivity index (χ2v) is 10.1. The van der Waals surface area contributed by atoms with Gasteiger partial charge < -0.3 is 0 Å². The van der Waals surface area contributed by atoms with Crippen LogP contribution in [-0.2, 0) is 0 Å². The Hall–Kier alpha value is 0.0169. The van der Waals surface area contributed by atoms with E-state index in [4.69, 9.17) is 22.2 Å². The molecule has 0 saturated heterocycles. The van der Waals surface area contributed by atoms with Crippen LogP contribution in [0.15, 0.2) is 24.3 Å². The van der Waals surface area contributed by atoms with Crippen LogP contribution in [0, 0.1) is 6.92 Å². The molecular weight excluding hydrogens is 207 g/mol. The molecule has 0 aliphatic carbocycles. The maximum absolute atomic E-state index is 6.22. The van der Waals surface area contributed by atoms with Crippen molar-refractivity contribution in [2.75, 3.05) is 0 Å². The van der Waals surface area contributed by atoms with E-state index >= 15 is 0 Å². The van der Waals surface area contributed by atoms with Gasteiger partial charge in [0.25, 0.3) is 6.69 Å². The largest absolute Gasteiger partial charge is 0.280 e. The third-order valence-corrected chi connectivity index (χ3v) is 6.84. The smallest absolute Gasteiger partial charge is 0.140 e. The number of aryl methyl sites for hydroxylation is 1. The molecule has 0 radical (unpaired) electrons. The number of benzene rings is 1. The quantitative estimate of drug-likeness (QED) is 0.529. The van der Waals surface area contributed by atoms with Crippen LogP contribution in [-0.4, -0.2) is 6.69 Å². The van der Waals surface area contributed by atoms with Crippen molar-refractivity contribution in [3.05, 3.63) is 29.8 Å². The Morgan fingerprint density at radius 1 is 1.33 bits per heavy atom. The molecule has 0 fully saturated rings. The van der Waals surface area contributed by atoms with Gasteiger partial charge in [-0.3, -0.25) is 0 Å². The third-order valence-electron chi connectivity index (χ3n) is 1.88. The number of hydrogen-bond acceptors (Lipinski definition) is 0. The lowest BCUT2D eigenvalue weighted by Gasteiger charge is -2.14. The van der Waals surface area contributed by atoms with Crippen LogP contribution in [0.3, 0.4) is 0 Å². The first-order valence-corrected chi connectivity index (χ1v) is 8.24. The Bertz CT molecular complexity index is 271. The molecule has 0 nitrogen and oxygen atoms in total. The molecule has 1 aromatic carbocycles. The van der Waals surface area contributed by atoms with E-state index in [1.807, 2.05) is 19.1 Å². The van der Waals surface area contributed by atoms with Crippen LogP contribution < -0.4 is 5.19 Å². The van der Waals surface area contributed by atoms with Gasteiger partial charge in [-0.2, -0.15) is 0 Å². The van der Waals surface area contributed by atoms with E-state index in [1.54, 1.807) is 0 Å². The van der Waals surface area contributed by atoms with E-state index in [2.05, 4.69) is 19.1 Å². The summed E-state index contributed by atoms with van der Waals surface area (Å²) in [6, 6.07) is 9.02. The van der Waals surface area contributed by atoms with Crippen LogP contribution in [0.4, 0.5) is 0 Å². The molecule has 0 heterocycles. The van der Waals surface area contributed by atoms with Gasteiger partial charge in [0.15, 0.2) is 0 Å². The average molecular weight is 219 g/mol. The van der Waals surface area contributed by atoms with Gasteiger partial charge in [-0.1, -0.05) is 36.8 Å². The first-order valence-electron chi connectivity index (χ1n) is 4.01. The molecular formula is C9H12Cl2Si. The van der Waals surface area contributed by atoms with Crippen LogP contribution in [0.1, 0.15) is 12.5 Å². The number of rotatable bonds is 2. The molecule has 12 heavy (non-hydrogen) atoms. The Morgan fingerprint density at radius 3 is 2.50 bits per heavy atom. The molecule has 3 heteroatoms. The Morgan fingerprint density at radius 2 is 2.00 bits per heavy atom. The average Bonchev–Trinajstić information content (AvgIpc) is 2.05. The molecule has 0 unspecified atom stereocenters. The lowest BCUT2D eigenvalue weighted by atomic mass is 10.2. The van der Waals surface area contributed by atoms with E-state index in [1.165, 1.54) is 5.56 Å². The van der Waals surface area contributed by atoms with Crippen molar-refractivity contribution in [1.82, 2.24) is 0 Å². The van der Waals surface area contributed by atoms with Gasteiger partial charge >= 0.3 is 0 Å². The SMILES string of the molecule is CC[Si](Cl)(Cl)c1cccc(C)c1. The topological polar surface area (TPSA) is 0 Å². The van der Waals surface area contributed by atoms with Gasteiger partial charge in [-0.25, -0.2) is 0 Å². The molecule has 0 bridgehead atoms. The zero-order valence-corrected chi connectivity index (χ0v) is 9.78. The van der Waals surface area contributed by atoms with E-state index in [9.17, 15) is 0 Å². The highest BCUT2D eigenvalue weighted by Gasteiger charge is 2.28. The Labute approximate surface area is 83.9 Å². The van der Waals surface area contributed by atoms with Gasteiger partial charge in [0.1, 0.15) is 0 Å². The maximum atomic E-state index is 6.22. The fourth-order valence-corrected chi connectivity index (χ4v) is 2.97. The molecule has 0 atom stereocenters. The Kier molecular flexibility index (Phi) is 3.21. The highest BCUT2D eigenvalue weighted by molar-refractivity contribution is 7.50. The summed E-state index contributed by atoms with van der Waals surface area (Å²) in [6.07, 6.45) is 0. The first-order chi connectivity index (χ1) is 5.56. The zero-order valence-electron chi connectivity index (χ0n) is 7.27. The highest BCUT2D eigenvalue weighted by atomic mass is 35.7. The lowest BCUT2D eigenvalue weighted by molar-refractivity contribution is 1.43. The second-order valence-electron chi connectivity index (χ2n) is 2.93. The summed E-state index contributed by atoms with van der Waals surface area (Å²) in [5.74, 6) is 0. The normalized spacial score (nSPS) is 11.7. The lowest BCUT2D eigenvalue weighted by Crippen LogP contribution is -2.35. The van der Waals surface area contributed by atoms with Crippen LogP contribution in [0.5, 0.6) is 0 Å². The van der Waals surface area contributed by atoms with E-state index in [0.717, 1.165) is 11.2 Å². The van der Waals surface area contributed by atoms with Crippen molar-refractivity contribution in [2.24, 2.45) is 0 Å². The fourth-order valence-electron chi connectivity index (χ4n) is 1.08. The predicted octanol–water partition coefficient (Wildman–Crippen LogP) is 3.14. The van der Waals surface area contributed by atoms with Crippen molar-refractivity contribution in [2.45, 2.75) is 19.9 Å². The molecule has 1 rings (SSSR count). The van der Waals surface area contributed by atoms with Crippen molar-refractivity contribution < 1.29 is 0 Å². The summed E-state index contributed by atoms with van der Waals surface area (Å²) in [5, 5.41) is 1.12. The van der Waals surface area contributed by atoms with Crippen molar-refractivity contribution in [1.29, 1.82) is 0 Å². The van der Waals surface area contributed by atoms with Crippen LogP contribution >= 0.6 is 22.2 Å². The molecule has 0 aromatic heterocycles. The summed E-state index contributed by atoms with van der Waals surface area (Å²) in [4.78, 5) is 0. The standard InChI is InChI=1S/C9H12Cl2Si/c1-3-12(10,11)9-6-4-5-8(2)7-9/h4-7H,3H2,1-2H3. The highest BCUT2D eigenvalue weighted by Crippen LogP contribution is 2.19. The molecule has 0 aliphatic heterocycles. The van der Waals surface area contributed by atoms with E-state index < -0.39 is 6.69 Å². The van der Waals surface area contributed by atoms with Gasteiger partial charge in [0.2, 0.25) is 0 Å². The summed E-state index contributed by atoms with van der Waals surface area (Å²) < 4.78 is 0. The van der Waals surface area contributed by atoms with Gasteiger partial charge in [-0.15, -0.1) is 22.2 Å². The molecule has 1 aromatic rings. The van der Waals surface area contributed by atoms with Crippen LogP contribution in [0.2, 0.25) is 6.04 Å². The second kappa shape index (κ2) is 3.82. The monoisotopic (exact) mass is 218 g/mol. The minimum absolute atomic E-state index is 0.861. The molecule has 66 valence electrons. The van der Waals surface area contributed by atoms with E-state index in [0.29, 0.717) is 0 Å². The van der Waals surface area contributed by atoms with Crippen LogP contribution in [0.25, 0.3) is 0 Å². The Balaban J connectivity index is 3.03. The maximum Gasteiger partial charge on any atom is 0.280 e. The molecule has 0 aliphatic rings. The first kappa shape index (κ1) is 10.1. The molecule has 0 spiro atoms. The van der Waals surface area contributed by atoms with E-state index in [-0.39, 0.29) is 0 Å². The minimum Gasteiger partial charge on any atom is -0.140 e. The zero-order chi connectivity index (χ0) is 9.19. The summed E-state index contributed by atoms with van der Waals surface area (Å²) in [6.45, 7) is 1.95. The van der Waals surface area contributed by atoms with Crippen molar-refractivity contribution >= 4 is 34.0 Å². The summed E-state index contributed by atoms with van der Waals surface area (Å²) >= 11 is 12.4. The summed E-state index contributed by atoms with van der Waals surface area (Å²) in [7, 11) is 0. The molecule has 0 saturated carbocycles. The fraction of sp³-hybridized carbons (Fsp3) is 0.333. The minimum atomic E-state index is -2.14. The molecule has 0 amide bonds. The third kappa shape index (κ3) is 2.25. The van der Waals surface area contributed by atoms with Gasteiger partial charge in [-0.05, 0) is 18.2 Å². The molecule has 0 N–H and O–H groups in total. The van der Waals surface area contributed by atoms with Crippen molar-refractivity contribution in [3.8, 4) is 0 Å². The summed E-state index contributed by atoms with van der Waals surface area (Å²) in [5.41, 5.74) is 1.22. The predicted molar refractivity (Wildman–Crippen MR) is 58.8 cm³/mol. The van der Waals surface area contributed by atoms with Gasteiger partial charge in [0, 0.05) is 0 Å². The van der Waals surface area contributed by atoms with Gasteiger partial charge in [0.05, 0.1) is 0 Å². The number of hydrogen-bond donors (Lipinski definition) is 0. The van der Waals surface area contributed by atoms with Crippen molar-refractivity contribution in [3.63, 3.8) is 0 Å².